The van der Waals surface area contributed by atoms with Crippen LogP contribution in [-0.4, -0.2) is 31.3 Å². The van der Waals surface area contributed by atoms with E-state index < -0.39 is 0 Å². The van der Waals surface area contributed by atoms with Crippen molar-refractivity contribution in [2.75, 3.05) is 0 Å². The number of rotatable bonds is 4. The maximum absolute atomic E-state index is 13.0. The van der Waals surface area contributed by atoms with Gasteiger partial charge in [0.2, 0.25) is 0 Å². The molecule has 1 fully saturated rings. The van der Waals surface area contributed by atoms with E-state index in [0.717, 1.165) is 49.4 Å². The van der Waals surface area contributed by atoms with Crippen molar-refractivity contribution >= 4 is 5.91 Å². The number of imidazole rings is 1. The van der Waals surface area contributed by atoms with Crippen molar-refractivity contribution in [3.05, 3.63) is 66.0 Å². The summed E-state index contributed by atoms with van der Waals surface area (Å²) in [7, 11) is 0. The summed E-state index contributed by atoms with van der Waals surface area (Å²) in [6, 6.07) is 10.2. The zero-order chi connectivity index (χ0) is 17.5. The van der Waals surface area contributed by atoms with Gasteiger partial charge in [-0.2, -0.15) is 5.10 Å². The topological polar surface area (TPSA) is 64.7 Å². The Morgan fingerprint density at radius 3 is 2.81 bits per heavy atom. The Bertz CT molecular complexity index is 938. The van der Waals surface area contributed by atoms with E-state index in [-0.39, 0.29) is 11.9 Å². The molecule has 0 radical (unpaired) electrons. The molecular formula is C20H21N5O. The van der Waals surface area contributed by atoms with Crippen molar-refractivity contribution in [1.82, 2.24) is 24.6 Å². The number of aryl methyl sites for hydroxylation is 1. The minimum absolute atomic E-state index is 0.0114. The number of hydrogen-bond acceptors (Lipinski definition) is 3. The van der Waals surface area contributed by atoms with Crippen molar-refractivity contribution < 1.29 is 4.79 Å². The van der Waals surface area contributed by atoms with E-state index >= 15 is 0 Å². The van der Waals surface area contributed by atoms with Crippen LogP contribution in [0.2, 0.25) is 0 Å². The van der Waals surface area contributed by atoms with Crippen molar-refractivity contribution in [1.29, 1.82) is 0 Å². The molecule has 132 valence electrons. The zero-order valence-electron chi connectivity index (χ0n) is 14.5. The molecule has 2 aliphatic rings. The summed E-state index contributed by atoms with van der Waals surface area (Å²) in [6.45, 7) is 0.784. The van der Waals surface area contributed by atoms with Gasteiger partial charge in [-0.1, -0.05) is 18.2 Å². The lowest BCUT2D eigenvalue weighted by atomic mass is 10.1. The second-order valence-corrected chi connectivity index (χ2v) is 7.17. The first-order valence-electron chi connectivity index (χ1n) is 9.24. The van der Waals surface area contributed by atoms with E-state index in [1.165, 1.54) is 0 Å². The number of nitrogens with one attached hydrogen (secondary N) is 1. The molecule has 6 heteroatoms. The Kier molecular flexibility index (Phi) is 3.62. The first-order valence-corrected chi connectivity index (χ1v) is 9.24. The van der Waals surface area contributed by atoms with Crippen LogP contribution in [-0.2, 0) is 13.0 Å². The molecule has 5 rings (SSSR count). The van der Waals surface area contributed by atoms with Crippen LogP contribution < -0.4 is 5.32 Å². The molecule has 0 saturated heterocycles. The summed E-state index contributed by atoms with van der Waals surface area (Å²) >= 11 is 0. The summed E-state index contributed by atoms with van der Waals surface area (Å²) < 4.78 is 4.06. The number of carbonyl (C=O) groups excluding carboxylic acids is 1. The molecule has 0 spiro atoms. The Morgan fingerprint density at radius 1 is 1.15 bits per heavy atom. The predicted molar refractivity (Wildman–Crippen MR) is 97.3 cm³/mol. The van der Waals surface area contributed by atoms with E-state index in [4.69, 9.17) is 0 Å². The molecule has 1 amide bonds. The average Bonchev–Trinajstić information content (AvgIpc) is 3.23. The van der Waals surface area contributed by atoms with E-state index in [9.17, 15) is 4.79 Å². The number of nitrogens with zero attached hydrogens (tertiary/aromatic N) is 4. The van der Waals surface area contributed by atoms with Crippen LogP contribution in [0.3, 0.4) is 0 Å². The highest BCUT2D eigenvalue weighted by Gasteiger charge is 2.33. The van der Waals surface area contributed by atoms with Gasteiger partial charge >= 0.3 is 0 Å². The minimum atomic E-state index is -0.0114. The smallest absolute Gasteiger partial charge is 0.255 e. The highest BCUT2D eigenvalue weighted by molar-refractivity contribution is 5.95. The summed E-state index contributed by atoms with van der Waals surface area (Å²) in [5.74, 6) is 1.53. The lowest BCUT2D eigenvalue weighted by molar-refractivity contribution is 0.0926. The third kappa shape index (κ3) is 2.71. The number of hydrogen-bond donors (Lipinski definition) is 1. The Labute approximate surface area is 151 Å². The highest BCUT2D eigenvalue weighted by Crippen LogP contribution is 2.42. The van der Waals surface area contributed by atoms with E-state index in [0.29, 0.717) is 11.5 Å². The van der Waals surface area contributed by atoms with Crippen molar-refractivity contribution in [2.45, 2.75) is 44.2 Å². The van der Waals surface area contributed by atoms with Crippen LogP contribution in [0, 0.1) is 0 Å². The average molecular weight is 347 g/mol. The van der Waals surface area contributed by atoms with E-state index in [1.54, 1.807) is 6.20 Å². The quantitative estimate of drug-likeness (QED) is 0.789. The van der Waals surface area contributed by atoms with Gasteiger partial charge in [-0.05, 0) is 31.4 Å². The Hall–Kier alpha value is -2.89. The zero-order valence-corrected chi connectivity index (χ0v) is 14.5. The van der Waals surface area contributed by atoms with Crippen LogP contribution in [0.15, 0.2) is 48.9 Å². The third-order valence-corrected chi connectivity index (χ3v) is 5.29. The Morgan fingerprint density at radius 2 is 2.00 bits per heavy atom. The maximum atomic E-state index is 13.0. The summed E-state index contributed by atoms with van der Waals surface area (Å²) in [5, 5.41) is 7.74. The lowest BCUT2D eigenvalue weighted by Crippen LogP contribution is -2.41. The molecule has 3 heterocycles. The largest absolute Gasteiger partial charge is 0.347 e. The van der Waals surface area contributed by atoms with Crippen LogP contribution in [0.1, 0.15) is 47.1 Å². The molecule has 26 heavy (non-hydrogen) atoms. The molecule has 2 aromatic heterocycles. The van der Waals surface area contributed by atoms with Crippen molar-refractivity contribution in [3.63, 3.8) is 0 Å². The predicted octanol–water partition coefficient (Wildman–Crippen LogP) is 2.69. The molecular weight excluding hydrogens is 326 g/mol. The molecule has 1 atom stereocenters. The van der Waals surface area contributed by atoms with Gasteiger partial charge in [0.1, 0.15) is 5.82 Å². The number of aromatic nitrogens is 4. The summed E-state index contributed by atoms with van der Waals surface area (Å²) in [4.78, 5) is 17.3. The number of para-hydroxylation sites is 1. The standard InChI is InChI=1S/C20H21N5O/c26-20(23-15-8-9-18-21-10-11-24(18)13-15)17-12-22-25(19(17)14-6-7-14)16-4-2-1-3-5-16/h1-5,10-12,14-15H,6-9,13H2,(H,23,26). The molecule has 6 nitrogen and oxygen atoms in total. The fourth-order valence-electron chi connectivity index (χ4n) is 3.80. The Balaban J connectivity index is 1.40. The monoisotopic (exact) mass is 347 g/mol. The van der Waals surface area contributed by atoms with Crippen molar-refractivity contribution in [3.8, 4) is 5.69 Å². The van der Waals surface area contributed by atoms with Crippen LogP contribution in [0.25, 0.3) is 5.69 Å². The van der Waals surface area contributed by atoms with E-state index in [1.807, 2.05) is 47.4 Å². The maximum Gasteiger partial charge on any atom is 0.255 e. The molecule has 0 bridgehead atoms. The van der Waals surface area contributed by atoms with Gasteiger partial charge in [-0.3, -0.25) is 4.79 Å². The van der Waals surface area contributed by atoms with Crippen LogP contribution in [0.4, 0.5) is 0 Å². The SMILES string of the molecule is O=C(NC1CCc2nccn2C1)c1cnn(-c2ccccc2)c1C1CC1. The molecule has 1 aliphatic carbocycles. The van der Waals surface area contributed by atoms with Gasteiger partial charge in [0.25, 0.3) is 5.91 Å². The fraction of sp³-hybridized carbons (Fsp3) is 0.350. The molecule has 1 N–H and O–H groups in total. The molecule has 1 aliphatic heterocycles. The summed E-state index contributed by atoms with van der Waals surface area (Å²) in [5.41, 5.74) is 2.77. The normalized spacial score (nSPS) is 19.2. The number of carbonyl (C=O) groups is 1. The number of amides is 1. The van der Waals surface area contributed by atoms with E-state index in [2.05, 4.69) is 20.0 Å². The van der Waals surface area contributed by atoms with Crippen molar-refractivity contribution in [2.24, 2.45) is 0 Å². The lowest BCUT2D eigenvalue weighted by Gasteiger charge is -2.24. The molecule has 1 aromatic carbocycles. The molecule has 1 saturated carbocycles. The van der Waals surface area contributed by atoms with Crippen LogP contribution >= 0.6 is 0 Å². The minimum Gasteiger partial charge on any atom is -0.347 e. The first-order chi connectivity index (χ1) is 12.8. The number of fused-ring (bicyclic) bond motifs is 1. The van der Waals surface area contributed by atoms with Gasteiger partial charge in [0.15, 0.2) is 0 Å². The van der Waals surface area contributed by atoms with Gasteiger partial charge in [-0.25, -0.2) is 9.67 Å². The van der Waals surface area contributed by atoms with Gasteiger partial charge in [0.05, 0.1) is 23.1 Å². The van der Waals surface area contributed by atoms with Gasteiger partial charge in [-0.15, -0.1) is 0 Å². The molecule has 3 aromatic rings. The van der Waals surface area contributed by atoms with Gasteiger partial charge in [0, 0.05) is 37.3 Å². The highest BCUT2D eigenvalue weighted by atomic mass is 16.1. The second-order valence-electron chi connectivity index (χ2n) is 7.17. The second kappa shape index (κ2) is 6.12. The molecule has 1 unspecified atom stereocenters. The first kappa shape index (κ1) is 15.4. The fourth-order valence-corrected chi connectivity index (χ4v) is 3.80. The summed E-state index contributed by atoms with van der Waals surface area (Å²) in [6.07, 6.45) is 9.61. The van der Waals surface area contributed by atoms with Crippen LogP contribution in [0.5, 0.6) is 0 Å². The van der Waals surface area contributed by atoms with Gasteiger partial charge < -0.3 is 9.88 Å². The number of benzene rings is 1. The third-order valence-electron chi connectivity index (χ3n) is 5.29.